The molecule has 4 heteroatoms. The number of benzene rings is 1. The monoisotopic (exact) mass is 264 g/mol. The summed E-state index contributed by atoms with van der Waals surface area (Å²) in [6, 6.07) is 6.36. The summed E-state index contributed by atoms with van der Waals surface area (Å²) in [4.78, 5) is 2.16. The predicted molar refractivity (Wildman–Crippen MR) is 73.0 cm³/mol. The molecule has 0 aliphatic heterocycles. The molecule has 1 N–H and O–H groups in total. The Morgan fingerprint density at radius 3 is 2.68 bits per heavy atom. The zero-order valence-corrected chi connectivity index (χ0v) is 11.4. The van der Waals surface area contributed by atoms with Crippen LogP contribution in [0, 0.1) is 17.1 Å². The third-order valence-corrected chi connectivity index (χ3v) is 3.04. The first-order valence-electron chi connectivity index (χ1n) is 6.73. The van der Waals surface area contributed by atoms with E-state index < -0.39 is 0 Å². The average Bonchev–Trinajstić information content (AvgIpc) is 2.42. The van der Waals surface area contributed by atoms with E-state index in [0.717, 1.165) is 31.5 Å². The van der Waals surface area contributed by atoms with Gasteiger partial charge >= 0.3 is 0 Å². The fourth-order valence-corrected chi connectivity index (χ4v) is 1.99. The van der Waals surface area contributed by atoms with Gasteiger partial charge in [-0.05, 0) is 43.1 Å². The summed E-state index contributed by atoms with van der Waals surface area (Å²) in [7, 11) is 0. The van der Waals surface area contributed by atoms with Crippen molar-refractivity contribution in [3.63, 3.8) is 0 Å². The van der Waals surface area contributed by atoms with Crippen LogP contribution in [0.2, 0.25) is 0 Å². The van der Waals surface area contributed by atoms with Crippen molar-refractivity contribution in [2.45, 2.75) is 32.7 Å². The second kappa shape index (κ2) is 8.63. The minimum Gasteiger partial charge on any atom is -0.396 e. The third-order valence-electron chi connectivity index (χ3n) is 3.04. The number of nitriles is 1. The first kappa shape index (κ1) is 15.6. The maximum Gasteiger partial charge on any atom is 0.123 e. The zero-order chi connectivity index (χ0) is 14.1. The molecule has 0 aromatic heterocycles. The highest BCUT2D eigenvalue weighted by atomic mass is 19.1. The molecule has 0 saturated carbocycles. The predicted octanol–water partition coefficient (Wildman–Crippen LogP) is 2.68. The lowest BCUT2D eigenvalue weighted by molar-refractivity contribution is 0.216. The smallest absolute Gasteiger partial charge is 0.123 e. The Labute approximate surface area is 114 Å². The van der Waals surface area contributed by atoms with Crippen LogP contribution in [0.4, 0.5) is 4.39 Å². The van der Waals surface area contributed by atoms with Gasteiger partial charge in [0.25, 0.3) is 0 Å². The van der Waals surface area contributed by atoms with Crippen molar-refractivity contribution in [3.05, 3.63) is 35.1 Å². The second-order valence-electron chi connectivity index (χ2n) is 4.62. The van der Waals surface area contributed by atoms with Gasteiger partial charge in [-0.2, -0.15) is 5.26 Å². The van der Waals surface area contributed by atoms with E-state index in [4.69, 9.17) is 10.4 Å². The second-order valence-corrected chi connectivity index (χ2v) is 4.62. The van der Waals surface area contributed by atoms with Crippen LogP contribution in [0.3, 0.4) is 0 Å². The van der Waals surface area contributed by atoms with Crippen LogP contribution >= 0.6 is 0 Å². The van der Waals surface area contributed by atoms with Crippen molar-refractivity contribution in [3.8, 4) is 6.07 Å². The number of unbranched alkanes of at least 4 members (excludes halogenated alkanes) is 1. The van der Waals surface area contributed by atoms with Crippen LogP contribution in [0.25, 0.3) is 0 Å². The molecule has 0 saturated heterocycles. The van der Waals surface area contributed by atoms with E-state index in [9.17, 15) is 4.39 Å². The summed E-state index contributed by atoms with van der Waals surface area (Å²) in [5.41, 5.74) is 1.24. The van der Waals surface area contributed by atoms with E-state index in [-0.39, 0.29) is 12.4 Å². The van der Waals surface area contributed by atoms with E-state index in [1.54, 1.807) is 0 Å². The number of nitrogens with zero attached hydrogens (tertiary/aromatic N) is 2. The maximum atomic E-state index is 13.3. The summed E-state index contributed by atoms with van der Waals surface area (Å²) >= 11 is 0. The van der Waals surface area contributed by atoms with Crippen molar-refractivity contribution >= 4 is 0 Å². The number of aliphatic hydroxyl groups is 1. The van der Waals surface area contributed by atoms with E-state index >= 15 is 0 Å². The molecule has 1 aromatic carbocycles. The first-order chi connectivity index (χ1) is 9.21. The highest BCUT2D eigenvalue weighted by Gasteiger charge is 2.10. The van der Waals surface area contributed by atoms with Crippen LogP contribution < -0.4 is 0 Å². The average molecular weight is 264 g/mol. The van der Waals surface area contributed by atoms with Crippen molar-refractivity contribution in [1.29, 1.82) is 5.26 Å². The van der Waals surface area contributed by atoms with Crippen LogP contribution in [0.5, 0.6) is 0 Å². The van der Waals surface area contributed by atoms with Crippen molar-refractivity contribution in [2.24, 2.45) is 0 Å². The van der Waals surface area contributed by atoms with Gasteiger partial charge in [0, 0.05) is 19.7 Å². The molecule has 0 unspecified atom stereocenters. The highest BCUT2D eigenvalue weighted by Crippen LogP contribution is 2.14. The minimum absolute atomic E-state index is 0.150. The molecular weight excluding hydrogens is 243 g/mol. The summed E-state index contributed by atoms with van der Waals surface area (Å²) < 4.78 is 13.3. The van der Waals surface area contributed by atoms with Crippen molar-refractivity contribution in [1.82, 2.24) is 4.90 Å². The Hall–Kier alpha value is -1.44. The highest BCUT2D eigenvalue weighted by molar-refractivity contribution is 5.37. The molecule has 104 valence electrons. The van der Waals surface area contributed by atoms with Gasteiger partial charge in [0.15, 0.2) is 0 Å². The van der Waals surface area contributed by atoms with E-state index in [0.29, 0.717) is 18.5 Å². The molecule has 0 heterocycles. The van der Waals surface area contributed by atoms with E-state index in [2.05, 4.69) is 17.9 Å². The van der Waals surface area contributed by atoms with Gasteiger partial charge in [-0.15, -0.1) is 0 Å². The molecule has 0 fully saturated rings. The Morgan fingerprint density at radius 2 is 2.05 bits per heavy atom. The maximum absolute atomic E-state index is 13.3. The molecule has 0 amide bonds. The number of aliphatic hydroxyl groups excluding tert-OH is 1. The van der Waals surface area contributed by atoms with Gasteiger partial charge in [0.1, 0.15) is 5.82 Å². The standard InChI is InChI=1S/C15H21FN2O/c1-2-3-7-18(8-4-9-19)12-14-10-15(16)6-5-13(14)11-17/h5-6,10,19H,2-4,7-9,12H2,1H3. The summed E-state index contributed by atoms with van der Waals surface area (Å²) in [5.74, 6) is -0.313. The number of rotatable bonds is 8. The summed E-state index contributed by atoms with van der Waals surface area (Å²) in [5, 5.41) is 18.0. The summed E-state index contributed by atoms with van der Waals surface area (Å²) in [6.45, 7) is 4.49. The lowest BCUT2D eigenvalue weighted by atomic mass is 10.1. The van der Waals surface area contributed by atoms with Crippen LogP contribution in [0.1, 0.15) is 37.3 Å². The number of hydrogen-bond donors (Lipinski definition) is 1. The SMILES string of the molecule is CCCCN(CCCO)Cc1cc(F)ccc1C#N. The molecular formula is C15H21FN2O. The van der Waals surface area contributed by atoms with Crippen molar-refractivity contribution < 1.29 is 9.50 Å². The first-order valence-corrected chi connectivity index (χ1v) is 6.73. The molecule has 1 rings (SSSR count). The quantitative estimate of drug-likeness (QED) is 0.785. The minimum atomic E-state index is -0.313. The van der Waals surface area contributed by atoms with E-state index in [1.165, 1.54) is 18.2 Å². The molecule has 0 aliphatic rings. The molecule has 1 aromatic rings. The molecule has 3 nitrogen and oxygen atoms in total. The lowest BCUT2D eigenvalue weighted by Crippen LogP contribution is -2.26. The lowest BCUT2D eigenvalue weighted by Gasteiger charge is -2.22. The molecule has 0 radical (unpaired) electrons. The largest absolute Gasteiger partial charge is 0.396 e. The Morgan fingerprint density at radius 1 is 1.32 bits per heavy atom. The fourth-order valence-electron chi connectivity index (χ4n) is 1.99. The molecule has 0 atom stereocenters. The van der Waals surface area contributed by atoms with Gasteiger partial charge in [-0.3, -0.25) is 4.90 Å². The molecule has 0 aliphatic carbocycles. The van der Waals surface area contributed by atoms with Gasteiger partial charge in [-0.1, -0.05) is 13.3 Å². The third kappa shape index (κ3) is 5.37. The Kier molecular flexibility index (Phi) is 7.09. The van der Waals surface area contributed by atoms with Gasteiger partial charge in [0.05, 0.1) is 11.6 Å². The number of hydrogen-bond acceptors (Lipinski definition) is 3. The van der Waals surface area contributed by atoms with Crippen molar-refractivity contribution in [2.75, 3.05) is 19.7 Å². The van der Waals surface area contributed by atoms with Gasteiger partial charge in [0.2, 0.25) is 0 Å². The molecule has 19 heavy (non-hydrogen) atoms. The molecule has 0 bridgehead atoms. The Balaban J connectivity index is 2.76. The Bertz CT molecular complexity index is 421. The van der Waals surface area contributed by atoms with Gasteiger partial charge in [-0.25, -0.2) is 4.39 Å². The zero-order valence-electron chi connectivity index (χ0n) is 11.4. The van der Waals surface area contributed by atoms with Gasteiger partial charge < -0.3 is 5.11 Å². The fraction of sp³-hybridized carbons (Fsp3) is 0.533. The van der Waals surface area contributed by atoms with E-state index in [1.807, 2.05) is 0 Å². The van der Waals surface area contributed by atoms with Crippen LogP contribution in [-0.2, 0) is 6.54 Å². The van der Waals surface area contributed by atoms with Crippen LogP contribution in [0.15, 0.2) is 18.2 Å². The summed E-state index contributed by atoms with van der Waals surface area (Å²) in [6.07, 6.45) is 2.84. The topological polar surface area (TPSA) is 47.3 Å². The molecule has 0 spiro atoms. The normalized spacial score (nSPS) is 10.7. The number of halogens is 1. The van der Waals surface area contributed by atoms with Crippen LogP contribution in [-0.4, -0.2) is 29.7 Å².